The second-order valence-electron chi connectivity index (χ2n) is 4.74. The molecule has 0 radical (unpaired) electrons. The Morgan fingerprint density at radius 1 is 1.04 bits per heavy atom. The summed E-state index contributed by atoms with van der Waals surface area (Å²) in [6.45, 7) is 4.43. The molecule has 3 aromatic rings. The fourth-order valence-electron chi connectivity index (χ4n) is 2.14. The quantitative estimate of drug-likeness (QED) is 0.501. The van der Waals surface area contributed by atoms with Gasteiger partial charge in [-0.15, -0.1) is 23.6 Å². The summed E-state index contributed by atoms with van der Waals surface area (Å²) in [5.74, 6) is 0. The summed E-state index contributed by atoms with van der Waals surface area (Å²) in [4.78, 5) is 5.89. The minimum absolute atomic E-state index is 0. The number of thiazole rings is 1. The Morgan fingerprint density at radius 2 is 1.74 bits per heavy atom. The van der Waals surface area contributed by atoms with Crippen LogP contribution in [-0.2, 0) is 0 Å². The molecular weight excluding hydrogens is 392 g/mol. The van der Waals surface area contributed by atoms with Crippen molar-refractivity contribution in [1.29, 1.82) is 0 Å². The van der Waals surface area contributed by atoms with Crippen LogP contribution in [0.4, 0.5) is 5.13 Å². The van der Waals surface area contributed by atoms with Gasteiger partial charge < -0.3 is 5.32 Å². The molecule has 0 saturated carbocycles. The third-order valence-electron chi connectivity index (χ3n) is 3.18. The van der Waals surface area contributed by atoms with Crippen LogP contribution in [0.15, 0.2) is 67.3 Å². The van der Waals surface area contributed by atoms with E-state index in [1.807, 2.05) is 48.5 Å². The highest BCUT2D eigenvalue weighted by Crippen LogP contribution is 2.39. The maximum atomic E-state index is 5.99. The van der Waals surface area contributed by atoms with E-state index in [4.69, 9.17) is 16.6 Å². The summed E-state index contributed by atoms with van der Waals surface area (Å²) in [7, 11) is 0. The normalized spacial score (nSPS) is 9.96. The topological polar surface area (TPSA) is 24.9 Å². The van der Waals surface area contributed by atoms with Crippen molar-refractivity contribution in [3.63, 3.8) is 0 Å². The average Bonchev–Trinajstić information content (AvgIpc) is 2.98. The number of halogens is 2. The zero-order chi connectivity index (χ0) is 15.4. The van der Waals surface area contributed by atoms with Crippen LogP contribution in [-0.4, -0.2) is 11.5 Å². The van der Waals surface area contributed by atoms with E-state index in [9.17, 15) is 0 Å². The van der Waals surface area contributed by atoms with Gasteiger partial charge in [-0.2, -0.15) is 0 Å². The summed E-state index contributed by atoms with van der Waals surface area (Å²) in [6, 6.07) is 18.1. The van der Waals surface area contributed by atoms with E-state index in [2.05, 4.69) is 24.0 Å². The average molecular weight is 408 g/mol. The van der Waals surface area contributed by atoms with Crippen LogP contribution in [0.3, 0.4) is 0 Å². The van der Waals surface area contributed by atoms with Gasteiger partial charge in [0, 0.05) is 17.1 Å². The molecular formula is C18H16BrClN2S. The van der Waals surface area contributed by atoms with Gasteiger partial charge in [0.15, 0.2) is 5.13 Å². The number of rotatable bonds is 5. The molecule has 2 aromatic carbocycles. The highest BCUT2D eigenvalue weighted by Gasteiger charge is 2.14. The fourth-order valence-corrected chi connectivity index (χ4v) is 3.27. The van der Waals surface area contributed by atoms with Crippen LogP contribution in [0, 0.1) is 0 Å². The van der Waals surface area contributed by atoms with Gasteiger partial charge in [-0.05, 0) is 17.7 Å². The van der Waals surface area contributed by atoms with Gasteiger partial charge >= 0.3 is 0 Å². The first-order chi connectivity index (χ1) is 10.8. The monoisotopic (exact) mass is 406 g/mol. The zero-order valence-electron chi connectivity index (χ0n) is 12.3. The number of nitrogens with zero attached hydrogens (tertiary/aromatic N) is 1. The molecule has 23 heavy (non-hydrogen) atoms. The van der Waals surface area contributed by atoms with Gasteiger partial charge in [-0.1, -0.05) is 71.5 Å². The Hall–Kier alpha value is -1.62. The molecule has 0 spiro atoms. The lowest BCUT2D eigenvalue weighted by Gasteiger charge is -2.02. The first kappa shape index (κ1) is 17.7. The summed E-state index contributed by atoms with van der Waals surface area (Å²) in [5.41, 5.74) is 3.20. The number of aromatic nitrogens is 1. The molecule has 5 heteroatoms. The second kappa shape index (κ2) is 8.29. The minimum Gasteiger partial charge on any atom is -0.358 e. The summed E-state index contributed by atoms with van der Waals surface area (Å²) in [6.07, 6.45) is 1.82. The van der Waals surface area contributed by atoms with E-state index >= 15 is 0 Å². The van der Waals surface area contributed by atoms with E-state index in [1.165, 1.54) is 0 Å². The van der Waals surface area contributed by atoms with Crippen LogP contribution < -0.4 is 5.32 Å². The van der Waals surface area contributed by atoms with Crippen LogP contribution in [0.25, 0.3) is 21.7 Å². The number of hydrogen-bond donors (Lipinski definition) is 1. The predicted octanol–water partition coefficient (Wildman–Crippen LogP) is 6.31. The number of nitrogens with one attached hydrogen (secondary N) is 1. The van der Waals surface area contributed by atoms with Gasteiger partial charge in [0.1, 0.15) is 0 Å². The molecule has 3 rings (SSSR count). The SMILES string of the molecule is Br.C=CCNc1nc(-c2ccc(Cl)cc2)c(-c2ccccc2)s1. The Kier molecular flexibility index (Phi) is 6.39. The van der Waals surface area contributed by atoms with Crippen LogP contribution in [0.1, 0.15) is 0 Å². The lowest BCUT2D eigenvalue weighted by molar-refractivity contribution is 1.29. The third-order valence-corrected chi connectivity index (χ3v) is 4.49. The summed E-state index contributed by atoms with van der Waals surface area (Å²) < 4.78 is 0. The van der Waals surface area contributed by atoms with Crippen molar-refractivity contribution in [2.24, 2.45) is 0 Å². The van der Waals surface area contributed by atoms with Crippen molar-refractivity contribution in [3.05, 3.63) is 72.3 Å². The van der Waals surface area contributed by atoms with Crippen LogP contribution in [0.2, 0.25) is 5.02 Å². The van der Waals surface area contributed by atoms with Gasteiger partial charge in [-0.25, -0.2) is 4.98 Å². The number of benzene rings is 2. The van der Waals surface area contributed by atoms with Crippen molar-refractivity contribution in [2.45, 2.75) is 0 Å². The van der Waals surface area contributed by atoms with Gasteiger partial charge in [0.25, 0.3) is 0 Å². The summed E-state index contributed by atoms with van der Waals surface area (Å²) >= 11 is 7.64. The van der Waals surface area contributed by atoms with Crippen molar-refractivity contribution >= 4 is 45.1 Å². The molecule has 1 N–H and O–H groups in total. The number of anilines is 1. The molecule has 0 bridgehead atoms. The molecule has 0 fully saturated rings. The smallest absolute Gasteiger partial charge is 0.184 e. The van der Waals surface area contributed by atoms with Gasteiger partial charge in [0.2, 0.25) is 0 Å². The van der Waals surface area contributed by atoms with Crippen molar-refractivity contribution in [3.8, 4) is 21.7 Å². The van der Waals surface area contributed by atoms with Crippen molar-refractivity contribution < 1.29 is 0 Å². The second-order valence-corrected chi connectivity index (χ2v) is 6.17. The highest BCUT2D eigenvalue weighted by molar-refractivity contribution is 8.93. The molecule has 0 aliphatic rings. The standard InChI is InChI=1S/C18H15ClN2S.BrH/c1-2-12-20-18-21-16(13-8-10-15(19)11-9-13)17(22-18)14-6-4-3-5-7-14;/h2-11H,1,12H2,(H,20,21);1H. The largest absolute Gasteiger partial charge is 0.358 e. The van der Waals surface area contributed by atoms with E-state index in [1.54, 1.807) is 11.3 Å². The van der Waals surface area contributed by atoms with E-state index in [-0.39, 0.29) is 17.0 Å². The minimum atomic E-state index is 0. The Balaban J connectivity index is 0.00000192. The Bertz CT molecular complexity index is 769. The molecule has 0 aliphatic carbocycles. The molecule has 0 unspecified atom stereocenters. The number of hydrogen-bond acceptors (Lipinski definition) is 3. The molecule has 0 saturated heterocycles. The molecule has 0 atom stereocenters. The van der Waals surface area contributed by atoms with E-state index < -0.39 is 0 Å². The molecule has 1 aromatic heterocycles. The van der Waals surface area contributed by atoms with E-state index in [0.717, 1.165) is 31.9 Å². The van der Waals surface area contributed by atoms with Gasteiger partial charge in [-0.3, -0.25) is 0 Å². The van der Waals surface area contributed by atoms with Crippen LogP contribution in [0.5, 0.6) is 0 Å². The molecule has 0 amide bonds. The highest BCUT2D eigenvalue weighted by atomic mass is 79.9. The van der Waals surface area contributed by atoms with Crippen molar-refractivity contribution in [2.75, 3.05) is 11.9 Å². The van der Waals surface area contributed by atoms with Crippen molar-refractivity contribution in [1.82, 2.24) is 4.98 Å². The molecule has 0 aliphatic heterocycles. The maximum absolute atomic E-state index is 5.99. The summed E-state index contributed by atoms with van der Waals surface area (Å²) in [5, 5.41) is 4.89. The molecule has 2 nitrogen and oxygen atoms in total. The van der Waals surface area contributed by atoms with E-state index in [0.29, 0.717) is 6.54 Å². The van der Waals surface area contributed by atoms with Crippen LogP contribution >= 0.6 is 39.9 Å². The molecule has 118 valence electrons. The third kappa shape index (κ3) is 4.22. The maximum Gasteiger partial charge on any atom is 0.184 e. The zero-order valence-corrected chi connectivity index (χ0v) is 15.6. The predicted molar refractivity (Wildman–Crippen MR) is 107 cm³/mol. The first-order valence-corrected chi connectivity index (χ1v) is 8.14. The Morgan fingerprint density at radius 3 is 2.39 bits per heavy atom. The lowest BCUT2D eigenvalue weighted by atomic mass is 10.1. The van der Waals surface area contributed by atoms with Gasteiger partial charge in [0.05, 0.1) is 10.6 Å². The molecule has 1 heterocycles. The Labute approximate surface area is 155 Å². The fraction of sp³-hybridized carbons (Fsp3) is 0.0556. The first-order valence-electron chi connectivity index (χ1n) is 6.95. The lowest BCUT2D eigenvalue weighted by Crippen LogP contribution is -1.96.